The molecule has 0 aromatic heterocycles. The van der Waals surface area contributed by atoms with Crippen LogP contribution in [0.4, 0.5) is 5.69 Å². The summed E-state index contributed by atoms with van der Waals surface area (Å²) in [7, 11) is 3.02. The van der Waals surface area contributed by atoms with Gasteiger partial charge in [-0.15, -0.1) is 0 Å². The minimum atomic E-state index is -1.09. The Kier molecular flexibility index (Phi) is 5.84. The standard InChI is InChI=1S/C21H18N2O6S/c1-11-16(28-2)9-6-13(17(11)29-3)10-15-18(24)22-21(30)23(19(15)25)14-7-4-12(5-8-14)20(26)27/h4-10H,1-3H3,(H,26,27)(H,22,24,30)/b15-10+. The van der Waals surface area contributed by atoms with Gasteiger partial charge in [-0.25, -0.2) is 4.79 Å². The average molecular weight is 426 g/mol. The van der Waals surface area contributed by atoms with Crippen molar-refractivity contribution in [3.8, 4) is 11.5 Å². The third-order valence-corrected chi connectivity index (χ3v) is 4.87. The molecule has 3 rings (SSSR count). The summed E-state index contributed by atoms with van der Waals surface area (Å²) in [5, 5.41) is 11.4. The number of ether oxygens (including phenoxy) is 2. The highest BCUT2D eigenvalue weighted by molar-refractivity contribution is 7.80. The SMILES string of the molecule is COc1ccc(/C=C2\C(=O)NC(=S)N(c3ccc(C(=O)O)cc3)C2=O)c(OC)c1C. The van der Waals surface area contributed by atoms with E-state index in [2.05, 4.69) is 5.32 Å². The zero-order valence-electron chi connectivity index (χ0n) is 16.4. The minimum absolute atomic E-state index is 0.0624. The fourth-order valence-electron chi connectivity index (χ4n) is 3.10. The maximum absolute atomic E-state index is 13.1. The molecule has 1 fully saturated rings. The van der Waals surface area contributed by atoms with Crippen LogP contribution in [0.3, 0.4) is 0 Å². The van der Waals surface area contributed by atoms with E-state index in [1.165, 1.54) is 44.6 Å². The van der Waals surface area contributed by atoms with Gasteiger partial charge in [0, 0.05) is 11.1 Å². The Bertz CT molecular complexity index is 1090. The van der Waals surface area contributed by atoms with E-state index in [0.717, 1.165) is 10.5 Å². The summed E-state index contributed by atoms with van der Waals surface area (Å²) in [6.45, 7) is 1.80. The Morgan fingerprint density at radius 1 is 1.10 bits per heavy atom. The molecule has 2 aromatic carbocycles. The highest BCUT2D eigenvalue weighted by atomic mass is 32.1. The molecule has 0 unspecified atom stereocenters. The fraction of sp³-hybridized carbons (Fsp3) is 0.143. The number of thiocarbonyl (C=S) groups is 1. The molecular formula is C21H18N2O6S. The van der Waals surface area contributed by atoms with E-state index in [4.69, 9.17) is 26.8 Å². The summed E-state index contributed by atoms with van der Waals surface area (Å²) in [4.78, 5) is 37.8. The molecule has 0 radical (unpaired) electrons. The lowest BCUT2D eigenvalue weighted by Gasteiger charge is -2.29. The lowest BCUT2D eigenvalue weighted by Crippen LogP contribution is -2.54. The van der Waals surface area contributed by atoms with Crippen molar-refractivity contribution >= 4 is 46.9 Å². The van der Waals surface area contributed by atoms with Crippen molar-refractivity contribution in [2.75, 3.05) is 19.1 Å². The molecule has 0 spiro atoms. The molecular weight excluding hydrogens is 408 g/mol. The molecule has 0 bridgehead atoms. The molecule has 0 saturated carbocycles. The van der Waals surface area contributed by atoms with Crippen molar-refractivity contribution < 1.29 is 29.0 Å². The molecule has 0 aliphatic carbocycles. The van der Waals surface area contributed by atoms with E-state index in [9.17, 15) is 14.4 Å². The maximum Gasteiger partial charge on any atom is 0.335 e. The quantitative estimate of drug-likeness (QED) is 0.430. The molecule has 1 aliphatic rings. The van der Waals surface area contributed by atoms with Crippen molar-refractivity contribution in [2.24, 2.45) is 0 Å². The molecule has 2 aromatic rings. The predicted octanol–water partition coefficient (Wildman–Crippen LogP) is 2.54. The largest absolute Gasteiger partial charge is 0.496 e. The Hall–Kier alpha value is -3.72. The molecule has 0 atom stereocenters. The Morgan fingerprint density at radius 3 is 2.33 bits per heavy atom. The molecule has 1 heterocycles. The van der Waals surface area contributed by atoms with Gasteiger partial charge in [0.25, 0.3) is 11.8 Å². The van der Waals surface area contributed by atoms with Crippen LogP contribution in [0.25, 0.3) is 6.08 Å². The number of benzene rings is 2. The molecule has 9 heteroatoms. The number of nitrogens with one attached hydrogen (secondary N) is 1. The van der Waals surface area contributed by atoms with E-state index < -0.39 is 17.8 Å². The number of hydrogen-bond donors (Lipinski definition) is 2. The Balaban J connectivity index is 2.04. The van der Waals surface area contributed by atoms with E-state index in [1.807, 2.05) is 0 Å². The van der Waals surface area contributed by atoms with Crippen molar-refractivity contribution in [3.63, 3.8) is 0 Å². The zero-order valence-corrected chi connectivity index (χ0v) is 17.2. The monoisotopic (exact) mass is 426 g/mol. The maximum atomic E-state index is 13.1. The van der Waals surface area contributed by atoms with Crippen LogP contribution < -0.4 is 19.7 Å². The number of carbonyl (C=O) groups is 3. The zero-order chi connectivity index (χ0) is 22.0. The topological polar surface area (TPSA) is 105 Å². The van der Waals surface area contributed by atoms with Gasteiger partial charge in [-0.1, -0.05) is 0 Å². The van der Waals surface area contributed by atoms with Gasteiger partial charge in [0.1, 0.15) is 17.1 Å². The molecule has 154 valence electrons. The van der Waals surface area contributed by atoms with E-state index >= 15 is 0 Å². The summed E-state index contributed by atoms with van der Waals surface area (Å²) in [6.07, 6.45) is 1.42. The van der Waals surface area contributed by atoms with Crippen molar-refractivity contribution in [2.45, 2.75) is 6.92 Å². The van der Waals surface area contributed by atoms with Crippen molar-refractivity contribution in [3.05, 3.63) is 58.7 Å². The van der Waals surface area contributed by atoms with Crippen LogP contribution in [0, 0.1) is 6.92 Å². The number of methoxy groups -OCH3 is 2. The number of rotatable bonds is 5. The molecule has 1 saturated heterocycles. The number of amides is 2. The number of carboxylic acid groups (broad SMARTS) is 1. The number of nitrogens with zero attached hydrogens (tertiary/aromatic N) is 1. The van der Waals surface area contributed by atoms with Crippen molar-refractivity contribution in [1.82, 2.24) is 5.32 Å². The van der Waals surface area contributed by atoms with Crippen LogP contribution >= 0.6 is 12.2 Å². The fourth-order valence-corrected chi connectivity index (χ4v) is 3.38. The highest BCUT2D eigenvalue weighted by Gasteiger charge is 2.34. The van der Waals surface area contributed by atoms with E-state index in [-0.39, 0.29) is 16.2 Å². The van der Waals surface area contributed by atoms with Crippen LogP contribution in [0.2, 0.25) is 0 Å². The van der Waals surface area contributed by atoms with Crippen LogP contribution in [-0.2, 0) is 9.59 Å². The number of anilines is 1. The molecule has 2 amide bonds. The van der Waals surface area contributed by atoms with Crippen LogP contribution in [-0.4, -0.2) is 42.2 Å². The summed E-state index contributed by atoms with van der Waals surface area (Å²) < 4.78 is 10.7. The van der Waals surface area contributed by atoms with Gasteiger partial charge in [-0.2, -0.15) is 0 Å². The Labute approximate surface area is 177 Å². The second-order valence-electron chi connectivity index (χ2n) is 6.33. The summed E-state index contributed by atoms with van der Waals surface area (Å²) in [5.74, 6) is -1.30. The lowest BCUT2D eigenvalue weighted by atomic mass is 10.0. The smallest absolute Gasteiger partial charge is 0.335 e. The second-order valence-corrected chi connectivity index (χ2v) is 6.71. The van der Waals surface area contributed by atoms with Gasteiger partial charge >= 0.3 is 5.97 Å². The molecule has 1 aliphatic heterocycles. The number of aromatic carboxylic acids is 1. The van der Waals surface area contributed by atoms with Crippen molar-refractivity contribution in [1.29, 1.82) is 0 Å². The van der Waals surface area contributed by atoms with Gasteiger partial charge < -0.3 is 14.6 Å². The predicted molar refractivity (Wildman–Crippen MR) is 114 cm³/mol. The molecule has 8 nitrogen and oxygen atoms in total. The van der Waals surface area contributed by atoms with Gasteiger partial charge in [-0.3, -0.25) is 19.8 Å². The molecule has 30 heavy (non-hydrogen) atoms. The number of carbonyl (C=O) groups excluding carboxylic acids is 2. The van der Waals surface area contributed by atoms with E-state index in [1.54, 1.807) is 19.1 Å². The van der Waals surface area contributed by atoms with E-state index in [0.29, 0.717) is 22.7 Å². The Morgan fingerprint density at radius 2 is 1.77 bits per heavy atom. The average Bonchev–Trinajstić information content (AvgIpc) is 2.71. The first-order valence-corrected chi connectivity index (χ1v) is 9.15. The summed E-state index contributed by atoms with van der Waals surface area (Å²) in [5.41, 5.74) is 1.48. The normalized spacial score (nSPS) is 15.2. The second kappa shape index (κ2) is 8.34. The first-order valence-electron chi connectivity index (χ1n) is 8.75. The third-order valence-electron chi connectivity index (χ3n) is 4.58. The number of carboxylic acids is 1. The lowest BCUT2D eigenvalue weighted by molar-refractivity contribution is -0.122. The van der Waals surface area contributed by atoms with Gasteiger partial charge in [0.15, 0.2) is 5.11 Å². The van der Waals surface area contributed by atoms with Gasteiger partial charge in [0.2, 0.25) is 0 Å². The van der Waals surface area contributed by atoms with Crippen LogP contribution in [0.15, 0.2) is 42.0 Å². The first kappa shape index (κ1) is 21.0. The highest BCUT2D eigenvalue weighted by Crippen LogP contribution is 2.33. The third kappa shape index (κ3) is 3.74. The minimum Gasteiger partial charge on any atom is -0.496 e. The number of hydrogen-bond acceptors (Lipinski definition) is 6. The molecule has 2 N–H and O–H groups in total. The van der Waals surface area contributed by atoms with Crippen LogP contribution in [0.1, 0.15) is 21.5 Å². The summed E-state index contributed by atoms with van der Waals surface area (Å²) in [6, 6.07) is 8.98. The van der Waals surface area contributed by atoms with Crippen LogP contribution in [0.5, 0.6) is 11.5 Å². The summed E-state index contributed by atoms with van der Waals surface area (Å²) >= 11 is 5.16. The van der Waals surface area contributed by atoms with Gasteiger partial charge in [-0.05, 0) is 61.6 Å². The first-order chi connectivity index (χ1) is 14.3. The van der Waals surface area contributed by atoms with Gasteiger partial charge in [0.05, 0.1) is 25.5 Å².